The molecule has 1 saturated heterocycles. The van der Waals surface area contributed by atoms with Gasteiger partial charge in [0.15, 0.2) is 11.4 Å². The summed E-state index contributed by atoms with van der Waals surface area (Å²) in [6.07, 6.45) is 2.19. The van der Waals surface area contributed by atoms with Crippen molar-refractivity contribution in [3.63, 3.8) is 0 Å². The number of carbonyl (C=O) groups excluding carboxylic acids is 3. The van der Waals surface area contributed by atoms with Gasteiger partial charge in [-0.2, -0.15) is 0 Å². The molecule has 0 radical (unpaired) electrons. The van der Waals surface area contributed by atoms with Crippen molar-refractivity contribution in [2.24, 2.45) is 11.7 Å². The number of nitrogens with zero attached hydrogens (tertiary/aromatic N) is 2. The molecule has 1 aliphatic rings. The molecule has 1 atom stereocenters. The number of hydrogen-bond acceptors (Lipinski definition) is 5. The zero-order valence-corrected chi connectivity index (χ0v) is 9.07. The molecule has 2 heterocycles. The van der Waals surface area contributed by atoms with E-state index in [2.05, 4.69) is 4.98 Å². The summed E-state index contributed by atoms with van der Waals surface area (Å²) in [6.45, 7) is 0.250. The maximum absolute atomic E-state index is 11.6. The molecule has 2 rings (SSSR count). The molecule has 0 spiro atoms. The Hall–Kier alpha value is -1.76. The van der Waals surface area contributed by atoms with Crippen LogP contribution >= 0.6 is 11.3 Å². The van der Waals surface area contributed by atoms with Crippen molar-refractivity contribution in [2.45, 2.75) is 6.42 Å². The van der Waals surface area contributed by atoms with E-state index >= 15 is 0 Å². The molecule has 2 amide bonds. The van der Waals surface area contributed by atoms with E-state index in [1.165, 1.54) is 11.1 Å². The average molecular weight is 239 g/mol. The van der Waals surface area contributed by atoms with Crippen LogP contribution in [-0.2, 0) is 9.59 Å². The van der Waals surface area contributed by atoms with E-state index in [-0.39, 0.29) is 18.9 Å². The van der Waals surface area contributed by atoms with Gasteiger partial charge in [0.05, 0.1) is 17.0 Å². The summed E-state index contributed by atoms with van der Waals surface area (Å²) in [5.41, 5.74) is 5.14. The summed E-state index contributed by atoms with van der Waals surface area (Å²) >= 11 is 1.12. The van der Waals surface area contributed by atoms with Gasteiger partial charge in [0.25, 0.3) is 0 Å². The molecule has 7 heteroatoms. The minimum Gasteiger partial charge on any atom is -0.369 e. The highest BCUT2D eigenvalue weighted by Gasteiger charge is 2.35. The van der Waals surface area contributed by atoms with Crippen LogP contribution in [0.25, 0.3) is 0 Å². The van der Waals surface area contributed by atoms with Gasteiger partial charge in [-0.1, -0.05) is 11.3 Å². The van der Waals surface area contributed by atoms with Crippen molar-refractivity contribution in [3.8, 4) is 0 Å². The molecule has 16 heavy (non-hydrogen) atoms. The van der Waals surface area contributed by atoms with Gasteiger partial charge in [-0.3, -0.25) is 19.3 Å². The standard InChI is InChI=1S/C9H9N3O3S/c10-8(15)5-1-7(14)12(3-5)9-11-2-6(4-13)16-9/h2,4-5H,1,3H2,(H2,10,15). The molecule has 1 aromatic rings. The fraction of sp³-hybridized carbons (Fsp3) is 0.333. The van der Waals surface area contributed by atoms with Crippen molar-refractivity contribution < 1.29 is 14.4 Å². The Bertz CT molecular complexity index is 457. The largest absolute Gasteiger partial charge is 0.369 e. The highest BCUT2D eigenvalue weighted by Crippen LogP contribution is 2.28. The average Bonchev–Trinajstić information content (AvgIpc) is 2.83. The zero-order chi connectivity index (χ0) is 11.7. The Morgan fingerprint density at radius 3 is 2.94 bits per heavy atom. The topological polar surface area (TPSA) is 93.4 Å². The quantitative estimate of drug-likeness (QED) is 0.739. The smallest absolute Gasteiger partial charge is 0.229 e. The molecular formula is C9H9N3O3S. The molecule has 1 unspecified atom stereocenters. The minimum absolute atomic E-state index is 0.116. The van der Waals surface area contributed by atoms with Crippen molar-refractivity contribution in [2.75, 3.05) is 11.4 Å². The molecule has 0 saturated carbocycles. The number of aldehydes is 1. The van der Waals surface area contributed by atoms with Gasteiger partial charge < -0.3 is 5.73 Å². The summed E-state index contributed by atoms with van der Waals surface area (Å²) < 4.78 is 0. The number of rotatable bonds is 3. The second kappa shape index (κ2) is 4.01. The van der Waals surface area contributed by atoms with Gasteiger partial charge in [-0.25, -0.2) is 4.98 Å². The third-order valence-electron chi connectivity index (χ3n) is 2.39. The fourth-order valence-corrected chi connectivity index (χ4v) is 2.30. The van der Waals surface area contributed by atoms with Gasteiger partial charge in [0, 0.05) is 13.0 Å². The normalized spacial score (nSPS) is 20.1. The van der Waals surface area contributed by atoms with Crippen LogP contribution in [0, 0.1) is 5.92 Å². The predicted octanol–water partition coefficient (Wildman–Crippen LogP) is -0.206. The lowest BCUT2D eigenvalue weighted by molar-refractivity contribution is -0.123. The van der Waals surface area contributed by atoms with E-state index in [0.717, 1.165) is 11.3 Å². The number of anilines is 1. The number of aromatic nitrogens is 1. The molecule has 0 bridgehead atoms. The van der Waals surface area contributed by atoms with Gasteiger partial charge in [-0.05, 0) is 0 Å². The first-order chi connectivity index (χ1) is 7.61. The molecule has 6 nitrogen and oxygen atoms in total. The van der Waals surface area contributed by atoms with Gasteiger partial charge in [0.1, 0.15) is 0 Å². The highest BCUT2D eigenvalue weighted by molar-refractivity contribution is 7.17. The summed E-state index contributed by atoms with van der Waals surface area (Å²) in [4.78, 5) is 38.8. The highest BCUT2D eigenvalue weighted by atomic mass is 32.1. The Balaban J connectivity index is 2.19. The number of primary amides is 1. The molecular weight excluding hydrogens is 230 g/mol. The first kappa shape index (κ1) is 10.7. The molecule has 1 aromatic heterocycles. The van der Waals surface area contributed by atoms with Crippen LogP contribution in [0.5, 0.6) is 0 Å². The van der Waals surface area contributed by atoms with Crippen LogP contribution in [0.3, 0.4) is 0 Å². The van der Waals surface area contributed by atoms with Gasteiger partial charge >= 0.3 is 0 Å². The number of nitrogens with two attached hydrogens (primary N) is 1. The van der Waals surface area contributed by atoms with Crippen LogP contribution in [0.15, 0.2) is 6.20 Å². The van der Waals surface area contributed by atoms with E-state index in [1.807, 2.05) is 0 Å². The molecule has 1 aliphatic heterocycles. The van der Waals surface area contributed by atoms with E-state index in [9.17, 15) is 14.4 Å². The van der Waals surface area contributed by atoms with Crippen molar-refractivity contribution in [1.82, 2.24) is 4.98 Å². The zero-order valence-electron chi connectivity index (χ0n) is 8.25. The number of hydrogen-bond donors (Lipinski definition) is 1. The summed E-state index contributed by atoms with van der Waals surface area (Å²) in [6, 6.07) is 0. The van der Waals surface area contributed by atoms with Crippen LogP contribution in [0.4, 0.5) is 5.13 Å². The second-order valence-electron chi connectivity index (χ2n) is 3.47. The van der Waals surface area contributed by atoms with Crippen LogP contribution in [0.2, 0.25) is 0 Å². The Kier molecular flexibility index (Phi) is 2.69. The van der Waals surface area contributed by atoms with Crippen molar-refractivity contribution in [3.05, 3.63) is 11.1 Å². The van der Waals surface area contributed by atoms with Gasteiger partial charge in [-0.15, -0.1) is 0 Å². The van der Waals surface area contributed by atoms with E-state index in [4.69, 9.17) is 5.73 Å². The summed E-state index contributed by atoms with van der Waals surface area (Å²) in [7, 11) is 0. The number of thiazole rings is 1. The SMILES string of the molecule is NC(=O)C1CC(=O)N(c2ncc(C=O)s2)C1. The monoisotopic (exact) mass is 239 g/mol. The fourth-order valence-electron chi connectivity index (χ4n) is 1.54. The van der Waals surface area contributed by atoms with Crippen molar-refractivity contribution in [1.29, 1.82) is 0 Å². The minimum atomic E-state index is -0.483. The lowest BCUT2D eigenvalue weighted by Crippen LogP contribution is -2.28. The second-order valence-corrected chi connectivity index (χ2v) is 4.51. The van der Waals surface area contributed by atoms with Crippen molar-refractivity contribution >= 4 is 34.6 Å². The first-order valence-electron chi connectivity index (χ1n) is 4.62. The Morgan fingerprint density at radius 1 is 1.69 bits per heavy atom. The van der Waals surface area contributed by atoms with Crippen LogP contribution < -0.4 is 10.6 Å². The third-order valence-corrected chi connectivity index (χ3v) is 3.33. The van der Waals surface area contributed by atoms with Gasteiger partial charge in [0.2, 0.25) is 11.8 Å². The lowest BCUT2D eigenvalue weighted by atomic mass is 10.1. The Morgan fingerprint density at radius 2 is 2.44 bits per heavy atom. The number of amides is 2. The number of carbonyl (C=O) groups is 3. The van der Waals surface area contributed by atoms with E-state index in [0.29, 0.717) is 16.3 Å². The third kappa shape index (κ3) is 1.81. The summed E-state index contributed by atoms with van der Waals surface area (Å²) in [5.74, 6) is -1.13. The van der Waals surface area contributed by atoms with Crippen LogP contribution in [-0.4, -0.2) is 29.6 Å². The molecule has 1 fully saturated rings. The summed E-state index contributed by atoms with van der Waals surface area (Å²) in [5, 5.41) is 0.441. The van der Waals surface area contributed by atoms with E-state index in [1.54, 1.807) is 0 Å². The van der Waals surface area contributed by atoms with Crippen LogP contribution in [0.1, 0.15) is 16.1 Å². The first-order valence-corrected chi connectivity index (χ1v) is 5.44. The maximum atomic E-state index is 11.6. The van der Waals surface area contributed by atoms with E-state index < -0.39 is 11.8 Å². The molecule has 0 aromatic carbocycles. The lowest BCUT2D eigenvalue weighted by Gasteiger charge is -2.11. The Labute approximate surface area is 95.1 Å². The predicted molar refractivity (Wildman–Crippen MR) is 57.2 cm³/mol. The maximum Gasteiger partial charge on any atom is 0.229 e. The molecule has 0 aliphatic carbocycles. The molecule has 84 valence electrons. The molecule has 2 N–H and O–H groups in total.